The molecular weight excluding hydrogens is 248 g/mol. The first-order valence-corrected chi connectivity index (χ1v) is 6.18. The van der Waals surface area contributed by atoms with Crippen molar-refractivity contribution in [3.05, 3.63) is 54.0 Å². The molecule has 0 radical (unpaired) electrons. The maximum atomic E-state index is 5.69. The first-order chi connectivity index (χ1) is 8.85. The first kappa shape index (κ1) is 11.2. The van der Waals surface area contributed by atoms with Gasteiger partial charge in [-0.25, -0.2) is 4.68 Å². The number of rotatable bonds is 3. The Hall–Kier alpha value is -1.94. The largest absolute Gasteiger partial charge is 0.251 e. The zero-order valence-corrected chi connectivity index (χ0v) is 10.4. The van der Waals surface area contributed by atoms with E-state index in [4.69, 9.17) is 11.6 Å². The van der Waals surface area contributed by atoms with Crippen molar-refractivity contribution >= 4 is 22.5 Å². The third-order valence-corrected chi connectivity index (χ3v) is 2.98. The van der Waals surface area contributed by atoms with Crippen LogP contribution in [0.4, 0.5) is 0 Å². The monoisotopic (exact) mass is 258 g/mol. The quantitative estimate of drug-likeness (QED) is 0.679. The molecule has 2 heterocycles. The Bertz CT molecular complexity index is 677. The van der Waals surface area contributed by atoms with Gasteiger partial charge < -0.3 is 0 Å². The number of hydrogen-bond donors (Lipinski definition) is 0. The van der Waals surface area contributed by atoms with Crippen molar-refractivity contribution in [2.75, 3.05) is 0 Å². The van der Waals surface area contributed by atoms with Gasteiger partial charge in [-0.1, -0.05) is 29.5 Å². The Balaban J connectivity index is 1.90. The van der Waals surface area contributed by atoms with E-state index in [-0.39, 0.29) is 0 Å². The predicted molar refractivity (Wildman–Crippen MR) is 70.4 cm³/mol. The van der Waals surface area contributed by atoms with Gasteiger partial charge >= 0.3 is 0 Å². The summed E-state index contributed by atoms with van der Waals surface area (Å²) in [6.45, 7) is 0.606. The summed E-state index contributed by atoms with van der Waals surface area (Å²) in [4.78, 5) is 4.58. The lowest BCUT2D eigenvalue weighted by Crippen LogP contribution is -2.02. The average Bonchev–Trinajstić information content (AvgIpc) is 2.86. The molecule has 0 saturated heterocycles. The van der Waals surface area contributed by atoms with Gasteiger partial charge in [-0.2, -0.15) is 0 Å². The molecule has 18 heavy (non-hydrogen) atoms. The molecule has 0 spiro atoms. The van der Waals surface area contributed by atoms with Gasteiger partial charge in [0, 0.05) is 5.39 Å². The van der Waals surface area contributed by atoms with Gasteiger partial charge in [-0.15, -0.1) is 16.7 Å². The van der Waals surface area contributed by atoms with E-state index in [2.05, 4.69) is 21.4 Å². The van der Waals surface area contributed by atoms with Crippen molar-refractivity contribution in [1.29, 1.82) is 0 Å². The molecule has 90 valence electrons. The van der Waals surface area contributed by atoms with Crippen LogP contribution in [0.3, 0.4) is 0 Å². The van der Waals surface area contributed by atoms with Crippen LogP contribution in [0.2, 0.25) is 0 Å². The highest BCUT2D eigenvalue weighted by Crippen LogP contribution is 2.12. The molecule has 0 fully saturated rings. The second-order valence-corrected chi connectivity index (χ2v) is 4.30. The third-order valence-electron chi connectivity index (χ3n) is 2.70. The molecule has 0 N–H and O–H groups in total. The number of fused-ring (bicyclic) bond motifs is 1. The molecule has 1 aromatic carbocycles. The van der Waals surface area contributed by atoms with Gasteiger partial charge in [-0.3, -0.25) is 4.98 Å². The zero-order chi connectivity index (χ0) is 12.4. The molecule has 0 aliphatic carbocycles. The number of alkyl halides is 1. The van der Waals surface area contributed by atoms with E-state index >= 15 is 0 Å². The van der Waals surface area contributed by atoms with Gasteiger partial charge in [-0.05, 0) is 12.1 Å². The predicted octanol–water partition coefficient (Wildman–Crippen LogP) is 2.61. The second kappa shape index (κ2) is 4.74. The summed E-state index contributed by atoms with van der Waals surface area (Å²) in [6, 6.07) is 12.1. The third kappa shape index (κ3) is 2.19. The maximum Gasteiger partial charge on any atom is 0.0974 e. The lowest BCUT2D eigenvalue weighted by atomic mass is 10.2. The van der Waals surface area contributed by atoms with Crippen LogP contribution in [0.1, 0.15) is 11.4 Å². The van der Waals surface area contributed by atoms with Crippen LogP contribution in [0.15, 0.2) is 42.6 Å². The molecule has 3 aromatic rings. The number of pyridine rings is 1. The van der Waals surface area contributed by atoms with E-state index in [1.165, 1.54) is 0 Å². The smallest absolute Gasteiger partial charge is 0.0974 e. The fraction of sp³-hybridized carbons (Fsp3) is 0.154. The van der Waals surface area contributed by atoms with E-state index in [0.717, 1.165) is 22.3 Å². The van der Waals surface area contributed by atoms with Crippen molar-refractivity contribution in [2.45, 2.75) is 12.4 Å². The molecule has 0 amide bonds. The Kier molecular flexibility index (Phi) is 2.94. The highest BCUT2D eigenvalue weighted by molar-refractivity contribution is 6.16. The highest BCUT2D eigenvalue weighted by Gasteiger charge is 2.02. The summed E-state index contributed by atoms with van der Waals surface area (Å²) in [7, 11) is 0. The summed E-state index contributed by atoms with van der Waals surface area (Å²) in [5.41, 5.74) is 2.73. The summed E-state index contributed by atoms with van der Waals surface area (Å²) in [5, 5.41) is 9.09. The standard InChI is InChI=1S/C13H11ClN4/c14-7-12-9-18(17-16-12)8-11-6-5-10-3-1-2-4-13(10)15-11/h1-6,9H,7-8H2. The van der Waals surface area contributed by atoms with Crippen LogP contribution in [0, 0.1) is 0 Å². The van der Waals surface area contributed by atoms with Crippen molar-refractivity contribution in [3.8, 4) is 0 Å². The second-order valence-electron chi connectivity index (χ2n) is 4.04. The molecule has 0 aliphatic heterocycles. The average molecular weight is 259 g/mol. The highest BCUT2D eigenvalue weighted by atomic mass is 35.5. The number of nitrogens with zero attached hydrogens (tertiary/aromatic N) is 4. The lowest BCUT2D eigenvalue weighted by molar-refractivity contribution is 0.640. The van der Waals surface area contributed by atoms with Crippen molar-refractivity contribution < 1.29 is 0 Å². The van der Waals surface area contributed by atoms with Crippen LogP contribution >= 0.6 is 11.6 Å². The van der Waals surface area contributed by atoms with E-state index in [0.29, 0.717) is 12.4 Å². The van der Waals surface area contributed by atoms with Crippen LogP contribution in [0.5, 0.6) is 0 Å². The van der Waals surface area contributed by atoms with Crippen LogP contribution in [0.25, 0.3) is 10.9 Å². The van der Waals surface area contributed by atoms with E-state index in [1.54, 1.807) is 4.68 Å². The molecule has 4 nitrogen and oxygen atoms in total. The topological polar surface area (TPSA) is 43.6 Å². The van der Waals surface area contributed by atoms with Gasteiger partial charge in [0.2, 0.25) is 0 Å². The number of benzene rings is 1. The number of aromatic nitrogens is 4. The zero-order valence-electron chi connectivity index (χ0n) is 9.62. The Morgan fingerprint density at radius 3 is 2.78 bits per heavy atom. The van der Waals surface area contributed by atoms with Crippen molar-refractivity contribution in [2.24, 2.45) is 0 Å². The molecule has 5 heteroatoms. The van der Waals surface area contributed by atoms with Crippen LogP contribution in [-0.4, -0.2) is 20.0 Å². The first-order valence-electron chi connectivity index (χ1n) is 5.65. The maximum absolute atomic E-state index is 5.69. The summed E-state index contributed by atoms with van der Waals surface area (Å²) < 4.78 is 1.74. The number of halogens is 1. The summed E-state index contributed by atoms with van der Waals surface area (Å²) in [5.74, 6) is 0.380. The fourth-order valence-electron chi connectivity index (χ4n) is 1.84. The molecule has 0 bridgehead atoms. The molecule has 0 atom stereocenters. The molecule has 3 rings (SSSR count). The summed E-state index contributed by atoms with van der Waals surface area (Å²) in [6.07, 6.45) is 1.84. The SMILES string of the molecule is ClCc1cn(Cc2ccc3ccccc3n2)nn1. The molecule has 0 unspecified atom stereocenters. The van der Waals surface area contributed by atoms with Gasteiger partial charge in [0.25, 0.3) is 0 Å². The Morgan fingerprint density at radius 2 is 1.94 bits per heavy atom. The number of para-hydroxylation sites is 1. The summed E-state index contributed by atoms with van der Waals surface area (Å²) >= 11 is 5.69. The van der Waals surface area contributed by atoms with Crippen molar-refractivity contribution in [3.63, 3.8) is 0 Å². The van der Waals surface area contributed by atoms with Crippen LogP contribution < -0.4 is 0 Å². The van der Waals surface area contributed by atoms with E-state index < -0.39 is 0 Å². The fourth-order valence-corrected chi connectivity index (χ4v) is 1.96. The Labute approximate surface area is 109 Å². The van der Waals surface area contributed by atoms with E-state index in [1.807, 2.05) is 36.5 Å². The molecule has 0 saturated carbocycles. The van der Waals surface area contributed by atoms with Gasteiger partial charge in [0.15, 0.2) is 0 Å². The van der Waals surface area contributed by atoms with Crippen molar-refractivity contribution in [1.82, 2.24) is 20.0 Å². The van der Waals surface area contributed by atoms with Crippen LogP contribution in [-0.2, 0) is 12.4 Å². The van der Waals surface area contributed by atoms with Gasteiger partial charge in [0.05, 0.1) is 35.5 Å². The van der Waals surface area contributed by atoms with Gasteiger partial charge in [0.1, 0.15) is 0 Å². The molecule has 0 aliphatic rings. The minimum atomic E-state index is 0.380. The lowest BCUT2D eigenvalue weighted by Gasteiger charge is -2.02. The minimum absolute atomic E-state index is 0.380. The minimum Gasteiger partial charge on any atom is -0.251 e. The van der Waals surface area contributed by atoms with E-state index in [9.17, 15) is 0 Å². The molecular formula is C13H11ClN4. The molecule has 2 aromatic heterocycles. The Morgan fingerprint density at radius 1 is 1.06 bits per heavy atom. The normalized spacial score (nSPS) is 10.9. The number of hydrogen-bond acceptors (Lipinski definition) is 3.